The monoisotopic (exact) mass is 449 g/mol. The summed E-state index contributed by atoms with van der Waals surface area (Å²) in [6.07, 6.45) is 1.86. The van der Waals surface area contributed by atoms with E-state index in [2.05, 4.69) is 14.9 Å². The number of nitrogens with one attached hydrogen (secondary N) is 2. The lowest BCUT2D eigenvalue weighted by atomic mass is 10.0. The maximum Gasteiger partial charge on any atom is 0.335 e. The molecule has 0 aliphatic carbocycles. The van der Waals surface area contributed by atoms with Crippen LogP contribution in [-0.4, -0.2) is 61.6 Å². The van der Waals surface area contributed by atoms with Gasteiger partial charge in [0.2, 0.25) is 10.0 Å². The average Bonchev–Trinajstić information content (AvgIpc) is 2.73. The lowest BCUT2D eigenvalue weighted by Gasteiger charge is -2.34. The highest BCUT2D eigenvalue weighted by Gasteiger charge is 2.21. The van der Waals surface area contributed by atoms with E-state index in [4.69, 9.17) is 5.11 Å². The Kier molecular flexibility index (Phi) is 7.04. The lowest BCUT2D eigenvalue weighted by Crippen LogP contribution is -2.43. The number of phenols is 1. The maximum absolute atomic E-state index is 11.4. The number of aromatic carboxylic acids is 1. The maximum atomic E-state index is 11.4. The van der Waals surface area contributed by atoms with Gasteiger partial charge < -0.3 is 25.5 Å². The summed E-state index contributed by atoms with van der Waals surface area (Å²) in [5, 5.41) is 32.6. The number of hydrogen-bond donors (Lipinski definition) is 5. The minimum Gasteiger partial charge on any atom is -0.506 e. The van der Waals surface area contributed by atoms with Gasteiger partial charge >= 0.3 is 5.97 Å². The molecule has 3 rings (SSSR count). The number of aromatic hydroxyl groups is 1. The van der Waals surface area contributed by atoms with Crippen molar-refractivity contribution in [1.29, 1.82) is 0 Å². The van der Waals surface area contributed by atoms with Crippen LogP contribution in [0.3, 0.4) is 0 Å². The summed E-state index contributed by atoms with van der Waals surface area (Å²) in [6, 6.07) is 11.4. The molecule has 0 radical (unpaired) electrons. The van der Waals surface area contributed by atoms with Gasteiger partial charge in [-0.25, -0.2) is 13.2 Å². The molecule has 1 unspecified atom stereocenters. The number of anilines is 2. The summed E-state index contributed by atoms with van der Waals surface area (Å²) < 4.78 is 25.1. The number of sulfonamides is 1. The number of rotatable bonds is 8. The van der Waals surface area contributed by atoms with Crippen molar-refractivity contribution in [3.8, 4) is 5.75 Å². The Morgan fingerprint density at radius 2 is 1.81 bits per heavy atom. The van der Waals surface area contributed by atoms with Crippen LogP contribution in [0.2, 0.25) is 0 Å². The van der Waals surface area contributed by atoms with Gasteiger partial charge in [0.25, 0.3) is 0 Å². The van der Waals surface area contributed by atoms with Gasteiger partial charge in [-0.3, -0.25) is 4.72 Å². The molecule has 168 valence electrons. The molecule has 2 aromatic rings. The van der Waals surface area contributed by atoms with E-state index in [0.29, 0.717) is 12.1 Å². The molecule has 1 aliphatic rings. The molecule has 5 N–H and O–H groups in total. The second-order valence-corrected chi connectivity index (χ2v) is 9.44. The minimum atomic E-state index is -3.55. The molecular formula is C21H27N3O6S. The van der Waals surface area contributed by atoms with E-state index in [1.165, 1.54) is 12.1 Å². The van der Waals surface area contributed by atoms with E-state index >= 15 is 0 Å². The number of carboxylic acids is 1. The highest BCUT2D eigenvalue weighted by atomic mass is 32.2. The number of carboxylic acid groups (broad SMARTS) is 1. The third kappa shape index (κ3) is 6.33. The highest BCUT2D eigenvalue weighted by molar-refractivity contribution is 7.92. The summed E-state index contributed by atoms with van der Waals surface area (Å²) >= 11 is 0. The molecule has 0 aromatic heterocycles. The zero-order chi connectivity index (χ0) is 22.6. The Morgan fingerprint density at radius 3 is 2.39 bits per heavy atom. The van der Waals surface area contributed by atoms with Crippen molar-refractivity contribution in [3.63, 3.8) is 0 Å². The molecule has 0 spiro atoms. The molecule has 1 aliphatic heterocycles. The van der Waals surface area contributed by atoms with Gasteiger partial charge in [-0.15, -0.1) is 0 Å². The van der Waals surface area contributed by atoms with Crippen molar-refractivity contribution in [2.75, 3.05) is 35.5 Å². The van der Waals surface area contributed by atoms with Gasteiger partial charge in [-0.2, -0.15) is 0 Å². The van der Waals surface area contributed by atoms with Gasteiger partial charge in [0.1, 0.15) is 5.75 Å². The normalized spacial score (nSPS) is 16.1. The highest BCUT2D eigenvalue weighted by Crippen LogP contribution is 2.28. The molecule has 10 heteroatoms. The number of phenolic OH excluding ortho intramolecular Hbond substituents is 1. The Balaban J connectivity index is 1.51. The fraction of sp³-hybridized carbons (Fsp3) is 0.381. The molecule has 31 heavy (non-hydrogen) atoms. The molecule has 1 fully saturated rings. The van der Waals surface area contributed by atoms with E-state index in [-0.39, 0.29) is 23.0 Å². The second-order valence-electron chi connectivity index (χ2n) is 7.69. The van der Waals surface area contributed by atoms with E-state index in [1.54, 1.807) is 18.2 Å². The number of piperidine rings is 1. The summed E-state index contributed by atoms with van der Waals surface area (Å²) in [7, 11) is -3.55. The number of aliphatic hydroxyl groups is 1. The topological polar surface area (TPSA) is 139 Å². The van der Waals surface area contributed by atoms with E-state index in [1.807, 2.05) is 12.1 Å². The van der Waals surface area contributed by atoms with Gasteiger partial charge in [-0.1, -0.05) is 6.07 Å². The van der Waals surface area contributed by atoms with Crippen molar-refractivity contribution >= 4 is 27.4 Å². The number of aliphatic hydroxyl groups excluding tert-OH is 1. The van der Waals surface area contributed by atoms with Gasteiger partial charge in [-0.05, 0) is 54.8 Å². The zero-order valence-corrected chi connectivity index (χ0v) is 18.0. The number of nitrogens with zero attached hydrogens (tertiary/aromatic N) is 1. The van der Waals surface area contributed by atoms with E-state index in [9.17, 15) is 23.4 Å². The van der Waals surface area contributed by atoms with Crippen LogP contribution in [0.5, 0.6) is 5.75 Å². The number of hydrogen-bond acceptors (Lipinski definition) is 7. The van der Waals surface area contributed by atoms with Crippen LogP contribution in [0.1, 0.15) is 34.9 Å². The van der Waals surface area contributed by atoms with Crippen molar-refractivity contribution in [2.45, 2.75) is 25.0 Å². The molecule has 2 aromatic carbocycles. The summed E-state index contributed by atoms with van der Waals surface area (Å²) in [4.78, 5) is 13.2. The van der Waals surface area contributed by atoms with Gasteiger partial charge in [0.05, 0.1) is 23.6 Å². The molecule has 1 saturated heterocycles. The predicted molar refractivity (Wildman–Crippen MR) is 118 cm³/mol. The first-order valence-corrected chi connectivity index (χ1v) is 11.8. The predicted octanol–water partition coefficient (Wildman–Crippen LogP) is 1.75. The number of carbonyl (C=O) groups is 1. The molecule has 9 nitrogen and oxygen atoms in total. The minimum absolute atomic E-state index is 0.0290. The van der Waals surface area contributed by atoms with Gasteiger partial charge in [0.15, 0.2) is 0 Å². The Labute approximate surface area is 181 Å². The van der Waals surface area contributed by atoms with Crippen LogP contribution in [0.15, 0.2) is 42.5 Å². The average molecular weight is 450 g/mol. The van der Waals surface area contributed by atoms with Crippen molar-refractivity contribution in [2.24, 2.45) is 0 Å². The van der Waals surface area contributed by atoms with E-state index < -0.39 is 22.1 Å². The largest absolute Gasteiger partial charge is 0.506 e. The van der Waals surface area contributed by atoms with Crippen molar-refractivity contribution < 1.29 is 28.5 Å². The molecule has 1 heterocycles. The Bertz CT molecular complexity index is 1020. The fourth-order valence-electron chi connectivity index (χ4n) is 3.60. The molecule has 0 saturated carbocycles. The SMILES string of the molecule is CS(=O)(=O)Nc1cc(C(O)CNC2CCN(c3ccc(C(=O)O)cc3)CC2)ccc1O. The van der Waals surface area contributed by atoms with Crippen LogP contribution in [-0.2, 0) is 10.0 Å². The summed E-state index contributed by atoms with van der Waals surface area (Å²) in [6.45, 7) is 1.91. The molecule has 1 atom stereocenters. The smallest absolute Gasteiger partial charge is 0.335 e. The Hall–Kier alpha value is -2.82. The van der Waals surface area contributed by atoms with E-state index in [0.717, 1.165) is 37.9 Å². The second kappa shape index (κ2) is 9.54. The third-order valence-corrected chi connectivity index (χ3v) is 5.87. The first-order valence-electron chi connectivity index (χ1n) is 9.93. The first kappa shape index (κ1) is 22.9. The van der Waals surface area contributed by atoms with Crippen LogP contribution in [0, 0.1) is 0 Å². The Morgan fingerprint density at radius 1 is 1.16 bits per heavy atom. The van der Waals surface area contributed by atoms with Crippen molar-refractivity contribution in [3.05, 3.63) is 53.6 Å². The standard InChI is InChI=1S/C21H27N3O6S/c1-31(29,30)23-18-12-15(4-7-19(18)25)20(26)13-22-16-8-10-24(11-9-16)17-5-2-14(3-6-17)21(27)28/h2-7,12,16,20,22-23,25-26H,8-11,13H2,1H3,(H,27,28). The third-order valence-electron chi connectivity index (χ3n) is 5.27. The van der Waals surface area contributed by atoms with Crippen LogP contribution >= 0.6 is 0 Å². The quantitative estimate of drug-likeness (QED) is 0.384. The summed E-state index contributed by atoms with van der Waals surface area (Å²) in [5.74, 6) is -1.15. The van der Waals surface area contributed by atoms with Crippen LogP contribution < -0.4 is 14.9 Å². The van der Waals surface area contributed by atoms with Gasteiger partial charge in [0, 0.05) is 31.4 Å². The van der Waals surface area contributed by atoms with Crippen LogP contribution in [0.25, 0.3) is 0 Å². The van der Waals surface area contributed by atoms with Crippen molar-refractivity contribution in [1.82, 2.24) is 5.32 Å². The lowest BCUT2D eigenvalue weighted by molar-refractivity contribution is 0.0697. The summed E-state index contributed by atoms with van der Waals surface area (Å²) in [5.41, 5.74) is 1.77. The molecule has 0 bridgehead atoms. The molecular weight excluding hydrogens is 422 g/mol. The molecule has 0 amide bonds. The zero-order valence-electron chi connectivity index (χ0n) is 17.2. The number of benzene rings is 2. The fourth-order valence-corrected chi connectivity index (χ4v) is 4.16. The van der Waals surface area contributed by atoms with Crippen LogP contribution in [0.4, 0.5) is 11.4 Å². The first-order chi connectivity index (χ1) is 14.6.